The van der Waals surface area contributed by atoms with Gasteiger partial charge in [0.15, 0.2) is 6.61 Å². The van der Waals surface area contributed by atoms with Crippen LogP contribution in [0.3, 0.4) is 0 Å². The van der Waals surface area contributed by atoms with Gasteiger partial charge in [-0.15, -0.1) is 11.3 Å². The summed E-state index contributed by atoms with van der Waals surface area (Å²) in [5.41, 5.74) is 0. The topological polar surface area (TPSA) is 93.7 Å². The zero-order valence-corrected chi connectivity index (χ0v) is 13.6. The average molecular weight is 349 g/mol. The lowest BCUT2D eigenvalue weighted by molar-refractivity contribution is -0.123. The monoisotopic (exact) mass is 348 g/mol. The van der Waals surface area contributed by atoms with Crippen molar-refractivity contribution in [3.63, 3.8) is 0 Å². The van der Waals surface area contributed by atoms with Gasteiger partial charge in [-0.1, -0.05) is 11.6 Å². The van der Waals surface area contributed by atoms with E-state index < -0.39 is 24.5 Å². The first-order valence-corrected chi connectivity index (χ1v) is 7.80. The van der Waals surface area contributed by atoms with Crippen LogP contribution in [0.2, 0.25) is 4.34 Å². The number of urea groups is 1. The van der Waals surface area contributed by atoms with Gasteiger partial charge in [-0.2, -0.15) is 0 Å². The lowest BCUT2D eigenvalue weighted by Crippen LogP contribution is -2.41. The Morgan fingerprint density at radius 2 is 2.09 bits per heavy atom. The standard InChI is InChI=1S/C13H17ClN2O5S/c1-2-20-7-3-6-15-13(19)16-11(17)8-21-12(18)9-4-5-10(14)22-9/h4-5H,2-3,6-8H2,1H3,(H2,15,16,17,19). The van der Waals surface area contributed by atoms with Gasteiger partial charge in [0.25, 0.3) is 5.91 Å². The quantitative estimate of drug-likeness (QED) is 0.552. The third kappa shape index (κ3) is 7.39. The molecule has 2 N–H and O–H groups in total. The van der Waals surface area contributed by atoms with Crippen molar-refractivity contribution in [1.82, 2.24) is 10.6 Å². The van der Waals surface area contributed by atoms with Crippen molar-refractivity contribution >= 4 is 40.8 Å². The molecule has 7 nitrogen and oxygen atoms in total. The Morgan fingerprint density at radius 1 is 1.32 bits per heavy atom. The first kappa shape index (κ1) is 18.4. The number of halogens is 1. The van der Waals surface area contributed by atoms with Crippen molar-refractivity contribution in [2.45, 2.75) is 13.3 Å². The lowest BCUT2D eigenvalue weighted by Gasteiger charge is -2.07. The van der Waals surface area contributed by atoms with E-state index >= 15 is 0 Å². The van der Waals surface area contributed by atoms with Gasteiger partial charge in [0.1, 0.15) is 4.88 Å². The van der Waals surface area contributed by atoms with Crippen molar-refractivity contribution in [2.24, 2.45) is 0 Å². The van der Waals surface area contributed by atoms with Crippen LogP contribution in [-0.2, 0) is 14.3 Å². The summed E-state index contributed by atoms with van der Waals surface area (Å²) in [6.07, 6.45) is 0.642. The van der Waals surface area contributed by atoms with Crippen LogP contribution in [0.1, 0.15) is 23.0 Å². The third-order valence-corrected chi connectivity index (χ3v) is 3.53. The molecule has 1 heterocycles. The van der Waals surface area contributed by atoms with Gasteiger partial charge in [0.05, 0.1) is 4.34 Å². The summed E-state index contributed by atoms with van der Waals surface area (Å²) < 4.78 is 10.3. The molecule has 0 aliphatic carbocycles. The van der Waals surface area contributed by atoms with Crippen LogP contribution < -0.4 is 10.6 Å². The van der Waals surface area contributed by atoms with Crippen molar-refractivity contribution in [1.29, 1.82) is 0 Å². The third-order valence-electron chi connectivity index (χ3n) is 2.32. The summed E-state index contributed by atoms with van der Waals surface area (Å²) in [4.78, 5) is 34.6. The molecule has 0 aliphatic rings. The van der Waals surface area contributed by atoms with E-state index in [0.717, 1.165) is 11.3 Å². The zero-order chi connectivity index (χ0) is 16.4. The average Bonchev–Trinajstić information content (AvgIpc) is 2.91. The fourth-order valence-corrected chi connectivity index (χ4v) is 2.29. The molecule has 0 aliphatic heterocycles. The predicted octanol–water partition coefficient (Wildman–Crippen LogP) is 1.81. The van der Waals surface area contributed by atoms with Crippen LogP contribution in [0.4, 0.5) is 4.79 Å². The Kier molecular flexibility index (Phi) is 8.49. The summed E-state index contributed by atoms with van der Waals surface area (Å²) in [5.74, 6) is -1.37. The predicted molar refractivity (Wildman–Crippen MR) is 82.3 cm³/mol. The molecule has 0 aromatic carbocycles. The van der Waals surface area contributed by atoms with Gasteiger partial charge in [-0.25, -0.2) is 9.59 Å². The maximum absolute atomic E-state index is 11.6. The number of carbonyl (C=O) groups is 3. The minimum Gasteiger partial charge on any atom is -0.451 e. The summed E-state index contributed by atoms with van der Waals surface area (Å²) >= 11 is 6.73. The summed E-state index contributed by atoms with van der Waals surface area (Å²) in [5, 5.41) is 4.54. The number of carbonyl (C=O) groups excluding carboxylic acids is 3. The highest BCUT2D eigenvalue weighted by Gasteiger charge is 2.13. The SMILES string of the molecule is CCOCCCNC(=O)NC(=O)COC(=O)c1ccc(Cl)s1. The number of amides is 3. The van der Waals surface area contributed by atoms with Crippen LogP contribution in [0.5, 0.6) is 0 Å². The Balaban J connectivity index is 2.17. The summed E-state index contributed by atoms with van der Waals surface area (Å²) in [6.45, 7) is 2.87. The van der Waals surface area contributed by atoms with E-state index in [4.69, 9.17) is 21.1 Å². The van der Waals surface area contributed by atoms with Gasteiger partial charge < -0.3 is 14.8 Å². The molecule has 0 unspecified atom stereocenters. The van der Waals surface area contributed by atoms with Crippen LogP contribution in [0.15, 0.2) is 12.1 Å². The summed E-state index contributed by atoms with van der Waals surface area (Å²) in [7, 11) is 0. The normalized spacial score (nSPS) is 10.1. The first-order valence-electron chi connectivity index (χ1n) is 6.60. The highest BCUT2D eigenvalue weighted by Crippen LogP contribution is 2.21. The van der Waals surface area contributed by atoms with Gasteiger partial charge >= 0.3 is 12.0 Å². The molecule has 0 radical (unpaired) electrons. The molecule has 0 atom stereocenters. The van der Waals surface area contributed by atoms with Gasteiger partial charge in [0, 0.05) is 19.8 Å². The zero-order valence-electron chi connectivity index (χ0n) is 12.0. The summed E-state index contributed by atoms with van der Waals surface area (Å²) in [6, 6.07) is 2.41. The van der Waals surface area contributed by atoms with Crippen molar-refractivity contribution in [3.8, 4) is 0 Å². The number of rotatable bonds is 8. The van der Waals surface area contributed by atoms with Crippen LogP contribution in [0.25, 0.3) is 0 Å². The second-order valence-electron chi connectivity index (χ2n) is 4.03. The molecule has 0 bridgehead atoms. The highest BCUT2D eigenvalue weighted by atomic mass is 35.5. The molecule has 1 aromatic heterocycles. The molecular formula is C13H17ClN2O5S. The van der Waals surface area contributed by atoms with Crippen molar-refractivity contribution in [2.75, 3.05) is 26.4 Å². The second kappa shape index (κ2) is 10.1. The fraction of sp³-hybridized carbons (Fsp3) is 0.462. The molecule has 9 heteroatoms. The Labute approximate surface area is 136 Å². The van der Waals surface area contributed by atoms with Crippen molar-refractivity contribution < 1.29 is 23.9 Å². The van der Waals surface area contributed by atoms with Crippen LogP contribution >= 0.6 is 22.9 Å². The Morgan fingerprint density at radius 3 is 2.73 bits per heavy atom. The fourth-order valence-electron chi connectivity index (χ4n) is 1.35. The van der Waals surface area contributed by atoms with E-state index in [9.17, 15) is 14.4 Å². The van der Waals surface area contributed by atoms with E-state index in [1.807, 2.05) is 6.92 Å². The van der Waals surface area contributed by atoms with E-state index in [1.165, 1.54) is 6.07 Å². The first-order chi connectivity index (χ1) is 10.5. The molecule has 1 rings (SSSR count). The number of ether oxygens (including phenoxy) is 2. The molecule has 1 aromatic rings. The van der Waals surface area contributed by atoms with E-state index in [2.05, 4.69) is 10.6 Å². The van der Waals surface area contributed by atoms with E-state index in [0.29, 0.717) is 30.5 Å². The number of thiophene rings is 1. The molecule has 0 saturated heterocycles. The van der Waals surface area contributed by atoms with Gasteiger partial charge in [0.2, 0.25) is 0 Å². The molecule has 0 spiro atoms. The molecule has 0 saturated carbocycles. The smallest absolute Gasteiger partial charge is 0.348 e. The molecule has 122 valence electrons. The van der Waals surface area contributed by atoms with Crippen LogP contribution in [-0.4, -0.2) is 44.3 Å². The number of nitrogens with one attached hydrogen (secondary N) is 2. The van der Waals surface area contributed by atoms with E-state index in [1.54, 1.807) is 6.07 Å². The Hall–Kier alpha value is -1.64. The van der Waals surface area contributed by atoms with Crippen LogP contribution in [0, 0.1) is 0 Å². The molecule has 22 heavy (non-hydrogen) atoms. The minimum atomic E-state index is -0.710. The molecule has 3 amide bonds. The maximum atomic E-state index is 11.6. The number of hydrogen-bond acceptors (Lipinski definition) is 6. The largest absolute Gasteiger partial charge is 0.451 e. The van der Waals surface area contributed by atoms with E-state index in [-0.39, 0.29) is 4.88 Å². The van der Waals surface area contributed by atoms with Crippen molar-refractivity contribution in [3.05, 3.63) is 21.3 Å². The maximum Gasteiger partial charge on any atom is 0.348 e. The van der Waals surface area contributed by atoms with Gasteiger partial charge in [-0.3, -0.25) is 10.1 Å². The van der Waals surface area contributed by atoms with Gasteiger partial charge in [-0.05, 0) is 25.5 Å². The lowest BCUT2D eigenvalue weighted by atomic mass is 10.4. The number of esters is 1. The molecular weight excluding hydrogens is 332 g/mol. The Bertz CT molecular complexity index is 520. The second-order valence-corrected chi connectivity index (χ2v) is 5.75. The number of imide groups is 1. The number of hydrogen-bond donors (Lipinski definition) is 2. The highest BCUT2D eigenvalue weighted by molar-refractivity contribution is 7.17. The minimum absolute atomic E-state index is 0.290. The molecule has 0 fully saturated rings.